The highest BCUT2D eigenvalue weighted by atomic mass is 32.1. The molecule has 21 heavy (non-hydrogen) atoms. The molecule has 1 unspecified atom stereocenters. The molecule has 4 heteroatoms. The summed E-state index contributed by atoms with van der Waals surface area (Å²) in [6, 6.07) is 8.75. The van der Waals surface area contributed by atoms with Gasteiger partial charge in [0.1, 0.15) is 5.01 Å². The second-order valence-electron chi connectivity index (χ2n) is 6.23. The van der Waals surface area contributed by atoms with Gasteiger partial charge >= 0.3 is 0 Å². The zero-order valence-electron chi connectivity index (χ0n) is 13.0. The average molecular weight is 303 g/mol. The Labute approximate surface area is 131 Å². The molecule has 2 aromatic rings. The van der Waals surface area contributed by atoms with E-state index in [1.54, 1.807) is 0 Å². The minimum atomic E-state index is 0.355. The fourth-order valence-corrected chi connectivity index (χ4v) is 4.01. The molecule has 1 N–H and O–H groups in total. The van der Waals surface area contributed by atoms with Crippen LogP contribution in [0.15, 0.2) is 24.3 Å². The van der Waals surface area contributed by atoms with Crippen molar-refractivity contribution in [3.05, 3.63) is 29.3 Å². The molecule has 1 saturated heterocycles. The minimum absolute atomic E-state index is 0.355. The van der Waals surface area contributed by atoms with Gasteiger partial charge in [0, 0.05) is 0 Å². The summed E-state index contributed by atoms with van der Waals surface area (Å²) < 4.78 is 1.29. The first-order chi connectivity index (χ1) is 10.2. The van der Waals surface area contributed by atoms with Crippen LogP contribution in [0, 0.1) is 5.92 Å². The third-order valence-corrected chi connectivity index (χ3v) is 5.74. The molecule has 0 bridgehead atoms. The van der Waals surface area contributed by atoms with E-state index >= 15 is 0 Å². The third kappa shape index (κ3) is 3.82. The van der Waals surface area contributed by atoms with Gasteiger partial charge < -0.3 is 10.2 Å². The lowest BCUT2D eigenvalue weighted by Crippen LogP contribution is -2.32. The number of para-hydroxylation sites is 1. The molecule has 0 saturated carbocycles. The molecule has 1 aromatic carbocycles. The first-order valence-corrected chi connectivity index (χ1v) is 8.81. The zero-order chi connectivity index (χ0) is 14.7. The minimum Gasteiger partial charge on any atom is -0.308 e. The summed E-state index contributed by atoms with van der Waals surface area (Å²) in [4.78, 5) is 7.18. The van der Waals surface area contributed by atoms with Crippen molar-refractivity contribution >= 4 is 21.6 Å². The van der Waals surface area contributed by atoms with Gasteiger partial charge in [-0.2, -0.15) is 0 Å². The van der Waals surface area contributed by atoms with E-state index in [9.17, 15) is 0 Å². The van der Waals surface area contributed by atoms with E-state index in [1.165, 1.54) is 42.1 Å². The fourth-order valence-electron chi connectivity index (χ4n) is 3.02. The van der Waals surface area contributed by atoms with Crippen LogP contribution in [0.4, 0.5) is 0 Å². The number of piperidine rings is 1. The molecule has 2 heterocycles. The van der Waals surface area contributed by atoms with E-state index in [0.29, 0.717) is 6.04 Å². The van der Waals surface area contributed by atoms with Gasteiger partial charge in [-0.15, -0.1) is 11.3 Å². The highest BCUT2D eigenvalue weighted by Gasteiger charge is 2.17. The molecule has 1 atom stereocenters. The number of rotatable bonds is 5. The van der Waals surface area contributed by atoms with E-state index < -0.39 is 0 Å². The Morgan fingerprint density at radius 3 is 2.86 bits per heavy atom. The first kappa shape index (κ1) is 14.9. The summed E-state index contributed by atoms with van der Waals surface area (Å²) in [7, 11) is 2.23. The average Bonchev–Trinajstić information content (AvgIpc) is 2.93. The van der Waals surface area contributed by atoms with E-state index in [4.69, 9.17) is 4.98 Å². The van der Waals surface area contributed by atoms with Crippen LogP contribution >= 0.6 is 11.3 Å². The Morgan fingerprint density at radius 2 is 2.10 bits per heavy atom. The molecule has 0 amide bonds. The van der Waals surface area contributed by atoms with Gasteiger partial charge in [0.25, 0.3) is 0 Å². The molecule has 114 valence electrons. The molecule has 3 rings (SSSR count). The van der Waals surface area contributed by atoms with Crippen molar-refractivity contribution in [2.24, 2.45) is 5.92 Å². The highest BCUT2D eigenvalue weighted by Crippen LogP contribution is 2.26. The van der Waals surface area contributed by atoms with Crippen molar-refractivity contribution in [1.82, 2.24) is 15.2 Å². The van der Waals surface area contributed by atoms with Crippen molar-refractivity contribution in [1.29, 1.82) is 0 Å². The van der Waals surface area contributed by atoms with Crippen molar-refractivity contribution in [2.75, 3.05) is 26.7 Å². The van der Waals surface area contributed by atoms with Crippen LogP contribution in [0.1, 0.15) is 37.2 Å². The van der Waals surface area contributed by atoms with E-state index in [-0.39, 0.29) is 0 Å². The monoisotopic (exact) mass is 303 g/mol. The van der Waals surface area contributed by atoms with Crippen LogP contribution < -0.4 is 5.32 Å². The molecule has 1 aliphatic heterocycles. The lowest BCUT2D eigenvalue weighted by molar-refractivity contribution is 0.211. The largest absolute Gasteiger partial charge is 0.308 e. The smallest absolute Gasteiger partial charge is 0.111 e. The molecule has 1 aromatic heterocycles. The summed E-state index contributed by atoms with van der Waals surface area (Å²) in [5.74, 6) is 0.899. The SMILES string of the molecule is CC(NCCC1CCN(C)CC1)c1nc2ccccc2s1. The number of hydrogen-bond donors (Lipinski definition) is 1. The number of benzene rings is 1. The predicted octanol–water partition coefficient (Wildman–Crippen LogP) is 3.68. The number of hydrogen-bond acceptors (Lipinski definition) is 4. The molecule has 0 radical (unpaired) electrons. The summed E-state index contributed by atoms with van der Waals surface area (Å²) in [6.45, 7) is 5.86. The van der Waals surface area contributed by atoms with Crippen LogP contribution in [0.3, 0.4) is 0 Å². The molecular weight excluding hydrogens is 278 g/mol. The Balaban J connectivity index is 1.48. The standard InChI is InChI=1S/C17H25N3S/c1-13(17-19-15-5-3-4-6-16(15)21-17)18-10-7-14-8-11-20(2)12-9-14/h3-6,13-14,18H,7-12H2,1-2H3. The zero-order valence-corrected chi connectivity index (χ0v) is 13.8. The number of aromatic nitrogens is 1. The molecular formula is C17H25N3S. The maximum Gasteiger partial charge on any atom is 0.111 e. The van der Waals surface area contributed by atoms with Gasteiger partial charge in [0.2, 0.25) is 0 Å². The normalized spacial score (nSPS) is 19.1. The summed E-state index contributed by atoms with van der Waals surface area (Å²) in [5, 5.41) is 4.86. The van der Waals surface area contributed by atoms with E-state index in [0.717, 1.165) is 18.0 Å². The Hall–Kier alpha value is -0.970. The maximum absolute atomic E-state index is 4.74. The lowest BCUT2D eigenvalue weighted by atomic mass is 9.94. The Kier molecular flexibility index (Phi) is 4.88. The van der Waals surface area contributed by atoms with E-state index in [2.05, 4.69) is 48.5 Å². The molecule has 1 fully saturated rings. The van der Waals surface area contributed by atoms with E-state index in [1.807, 2.05) is 11.3 Å². The van der Waals surface area contributed by atoms with Crippen molar-refractivity contribution < 1.29 is 0 Å². The number of fused-ring (bicyclic) bond motifs is 1. The second-order valence-corrected chi connectivity index (χ2v) is 7.29. The number of thiazole rings is 1. The molecule has 0 spiro atoms. The first-order valence-electron chi connectivity index (χ1n) is 8.00. The predicted molar refractivity (Wildman–Crippen MR) is 90.9 cm³/mol. The molecule has 0 aliphatic carbocycles. The van der Waals surface area contributed by atoms with Gasteiger partial charge in [0.05, 0.1) is 16.3 Å². The van der Waals surface area contributed by atoms with Crippen LogP contribution in [-0.4, -0.2) is 36.6 Å². The second kappa shape index (κ2) is 6.86. The number of likely N-dealkylation sites (tertiary alicyclic amines) is 1. The van der Waals surface area contributed by atoms with Crippen LogP contribution in [0.2, 0.25) is 0 Å². The van der Waals surface area contributed by atoms with Gasteiger partial charge in [-0.1, -0.05) is 12.1 Å². The molecule has 1 aliphatic rings. The van der Waals surface area contributed by atoms with Gasteiger partial charge in [-0.3, -0.25) is 0 Å². The van der Waals surface area contributed by atoms with Crippen molar-refractivity contribution in [2.45, 2.75) is 32.2 Å². The highest BCUT2D eigenvalue weighted by molar-refractivity contribution is 7.18. The molecule has 3 nitrogen and oxygen atoms in total. The van der Waals surface area contributed by atoms with Crippen LogP contribution in [-0.2, 0) is 0 Å². The summed E-state index contributed by atoms with van der Waals surface area (Å²) in [5.41, 5.74) is 1.13. The fraction of sp³-hybridized carbons (Fsp3) is 0.588. The third-order valence-electron chi connectivity index (χ3n) is 4.52. The van der Waals surface area contributed by atoms with Gasteiger partial charge in [0.15, 0.2) is 0 Å². The van der Waals surface area contributed by atoms with Crippen molar-refractivity contribution in [3.8, 4) is 0 Å². The Bertz CT molecular complexity index is 539. The lowest BCUT2D eigenvalue weighted by Gasteiger charge is -2.29. The number of nitrogens with one attached hydrogen (secondary N) is 1. The summed E-state index contributed by atoms with van der Waals surface area (Å²) in [6.07, 6.45) is 4.00. The quantitative estimate of drug-likeness (QED) is 0.913. The van der Waals surface area contributed by atoms with Gasteiger partial charge in [-0.05, 0) is 70.9 Å². The van der Waals surface area contributed by atoms with Crippen molar-refractivity contribution in [3.63, 3.8) is 0 Å². The van der Waals surface area contributed by atoms with Crippen LogP contribution in [0.25, 0.3) is 10.2 Å². The number of nitrogens with zero attached hydrogens (tertiary/aromatic N) is 2. The topological polar surface area (TPSA) is 28.2 Å². The summed E-state index contributed by atoms with van der Waals surface area (Å²) >= 11 is 1.81. The maximum atomic E-state index is 4.74. The van der Waals surface area contributed by atoms with Gasteiger partial charge in [-0.25, -0.2) is 4.98 Å². The van der Waals surface area contributed by atoms with Crippen LogP contribution in [0.5, 0.6) is 0 Å². The Morgan fingerprint density at radius 1 is 1.33 bits per heavy atom.